The molecule has 0 amide bonds. The van der Waals surface area contributed by atoms with Gasteiger partial charge in [0.1, 0.15) is 4.84 Å². The number of alkyl halides is 3. The lowest BCUT2D eigenvalue weighted by atomic mass is 10.9. The van der Waals surface area contributed by atoms with Crippen molar-refractivity contribution in [3.63, 3.8) is 0 Å². The third-order valence-electron chi connectivity index (χ3n) is 0.117. The van der Waals surface area contributed by atoms with Gasteiger partial charge in [-0.3, -0.25) is 0 Å². The summed E-state index contributed by atoms with van der Waals surface area (Å²) >= 11 is 15.3. The molecule has 0 unspecified atom stereocenters. The zero-order valence-corrected chi connectivity index (χ0v) is 7.14. The van der Waals surface area contributed by atoms with Gasteiger partial charge in [-0.25, -0.2) is 0 Å². The van der Waals surface area contributed by atoms with E-state index in [9.17, 15) is 0 Å². The molecule has 0 nitrogen and oxygen atoms in total. The highest BCUT2D eigenvalue weighted by molar-refractivity contribution is 6.47. The fourth-order valence-electron chi connectivity index (χ4n) is 0. The van der Waals surface area contributed by atoms with Gasteiger partial charge in [0.25, 0.3) is 0 Å². The zero-order valence-electron chi connectivity index (χ0n) is 3.23. The van der Waals surface area contributed by atoms with Crippen LogP contribution in [0.3, 0.4) is 0 Å². The van der Waals surface area contributed by atoms with Gasteiger partial charge in [-0.2, -0.15) is 0 Å². The maximum Gasteiger partial charge on any atom is 0.121 e. The van der Waals surface area contributed by atoms with Crippen LogP contribution in [0.2, 0.25) is 0 Å². The molecule has 0 heterocycles. The van der Waals surface area contributed by atoms with Gasteiger partial charge in [-0.05, 0) is 0 Å². The molecule has 0 saturated carbocycles. The average Bonchev–Trinajstić information content (AvgIpc) is 1.38. The Balaban J connectivity index is -0.0000000267. The van der Waals surface area contributed by atoms with Crippen molar-refractivity contribution in [1.82, 2.24) is 0 Å². The summed E-state index contributed by atoms with van der Waals surface area (Å²) in [6, 6.07) is 0. The second-order valence-corrected chi connectivity index (χ2v) is 2.13. The van der Waals surface area contributed by atoms with Crippen LogP contribution in [0.15, 0.2) is 0 Å². The summed E-state index contributed by atoms with van der Waals surface area (Å²) in [6.07, 6.45) is 0. The standard InChI is InChI=1S/C2H3Cl3.CH4.2ClH/c3-1-2(4)5;;;/h2H,1H2;1H4;2*1H. The molecule has 0 aromatic carbocycles. The molecule has 0 aliphatic carbocycles. The van der Waals surface area contributed by atoms with Crippen molar-refractivity contribution in [3.05, 3.63) is 0 Å². The fraction of sp³-hybridized carbons (Fsp3) is 1.00. The average molecular weight is 222 g/mol. The van der Waals surface area contributed by atoms with E-state index in [2.05, 4.69) is 0 Å². The second-order valence-electron chi connectivity index (χ2n) is 0.545. The van der Waals surface area contributed by atoms with E-state index in [0.717, 1.165) is 0 Å². The van der Waals surface area contributed by atoms with Crippen LogP contribution in [-0.4, -0.2) is 10.7 Å². The molecular weight excluding hydrogens is 213 g/mol. The largest absolute Gasteiger partial charge is 0.147 e. The minimum Gasteiger partial charge on any atom is -0.147 e. The Morgan fingerprint density at radius 3 is 1.25 bits per heavy atom. The lowest BCUT2D eigenvalue weighted by Crippen LogP contribution is -1.82. The number of hydrogen-bond donors (Lipinski definition) is 0. The first-order chi connectivity index (χ1) is 2.27. The Morgan fingerprint density at radius 2 is 1.25 bits per heavy atom. The van der Waals surface area contributed by atoms with Crippen LogP contribution in [-0.2, 0) is 0 Å². The monoisotopic (exact) mass is 220 g/mol. The van der Waals surface area contributed by atoms with Gasteiger partial charge in [-0.15, -0.1) is 59.6 Å². The van der Waals surface area contributed by atoms with Crippen molar-refractivity contribution in [2.45, 2.75) is 12.3 Å². The molecule has 0 radical (unpaired) electrons. The zero-order chi connectivity index (χ0) is 4.28. The number of hydrogen-bond acceptors (Lipinski definition) is 0. The van der Waals surface area contributed by atoms with Crippen LogP contribution in [0.5, 0.6) is 0 Å². The molecule has 0 aromatic rings. The minimum atomic E-state index is -0.406. The van der Waals surface area contributed by atoms with Crippen molar-refractivity contribution in [2.75, 3.05) is 5.88 Å². The summed E-state index contributed by atoms with van der Waals surface area (Å²) in [5.41, 5.74) is 0. The van der Waals surface area contributed by atoms with Gasteiger partial charge >= 0.3 is 0 Å². The molecular formula is C3H9Cl5. The summed E-state index contributed by atoms with van der Waals surface area (Å²) in [5, 5.41) is 0. The van der Waals surface area contributed by atoms with Gasteiger partial charge in [0.05, 0.1) is 5.88 Å². The highest BCUT2D eigenvalue weighted by Gasteiger charge is 1.88. The molecule has 0 saturated heterocycles. The Hall–Kier alpha value is 1.45. The van der Waals surface area contributed by atoms with Crippen molar-refractivity contribution in [3.8, 4) is 0 Å². The molecule has 0 bridgehead atoms. The van der Waals surface area contributed by atoms with E-state index in [1.165, 1.54) is 0 Å². The predicted octanol–water partition coefficient (Wildman–Crippen LogP) is 3.51. The molecule has 8 heavy (non-hydrogen) atoms. The summed E-state index contributed by atoms with van der Waals surface area (Å²) in [6.45, 7) is 0. The molecule has 0 aliphatic rings. The van der Waals surface area contributed by atoms with Gasteiger partial charge in [-0.1, -0.05) is 7.43 Å². The smallest absolute Gasteiger partial charge is 0.121 e. The Labute approximate surface area is 77.7 Å². The van der Waals surface area contributed by atoms with Crippen molar-refractivity contribution in [1.29, 1.82) is 0 Å². The fourth-order valence-corrected chi connectivity index (χ4v) is 0. The first-order valence-electron chi connectivity index (χ1n) is 1.11. The molecule has 0 aliphatic heterocycles. The van der Waals surface area contributed by atoms with Crippen molar-refractivity contribution < 1.29 is 0 Å². The first-order valence-corrected chi connectivity index (χ1v) is 2.52. The maximum atomic E-state index is 5.10. The Morgan fingerprint density at radius 1 is 1.12 bits per heavy atom. The quantitative estimate of drug-likeness (QED) is 0.596. The maximum absolute atomic E-state index is 5.10. The van der Waals surface area contributed by atoms with Gasteiger partial charge < -0.3 is 0 Å². The first kappa shape index (κ1) is 22.7. The lowest BCUT2D eigenvalue weighted by molar-refractivity contribution is 1.40. The molecule has 0 N–H and O–H groups in total. The second kappa shape index (κ2) is 15.8. The normalized spacial score (nSPS) is 6.00. The van der Waals surface area contributed by atoms with E-state index in [1.807, 2.05) is 0 Å². The third-order valence-corrected chi connectivity index (χ3v) is 1.05. The highest BCUT2D eigenvalue weighted by atomic mass is 35.5. The molecule has 56 valence electrons. The van der Waals surface area contributed by atoms with Crippen LogP contribution in [0.4, 0.5) is 0 Å². The van der Waals surface area contributed by atoms with Crippen LogP contribution >= 0.6 is 59.6 Å². The molecule has 0 aromatic heterocycles. The predicted molar refractivity (Wildman–Crippen MR) is 47.4 cm³/mol. The minimum absolute atomic E-state index is 0. The van der Waals surface area contributed by atoms with Crippen LogP contribution in [0.1, 0.15) is 7.43 Å². The van der Waals surface area contributed by atoms with E-state index >= 15 is 0 Å². The molecule has 0 spiro atoms. The highest BCUT2D eigenvalue weighted by Crippen LogP contribution is 2.01. The van der Waals surface area contributed by atoms with E-state index < -0.39 is 4.84 Å². The Bertz CT molecular complexity index is 21.6. The molecule has 0 rings (SSSR count). The van der Waals surface area contributed by atoms with Crippen LogP contribution < -0.4 is 0 Å². The summed E-state index contributed by atoms with van der Waals surface area (Å²) < 4.78 is 0. The lowest BCUT2D eigenvalue weighted by Gasteiger charge is -1.82. The molecule has 0 atom stereocenters. The van der Waals surface area contributed by atoms with E-state index in [-0.39, 0.29) is 32.2 Å². The number of halogens is 5. The summed E-state index contributed by atoms with van der Waals surface area (Å²) in [5.74, 6) is 0.309. The molecule has 5 heteroatoms. The van der Waals surface area contributed by atoms with Gasteiger partial charge in [0, 0.05) is 0 Å². The van der Waals surface area contributed by atoms with Crippen LogP contribution in [0, 0.1) is 0 Å². The SMILES string of the molecule is C.Cl.Cl.ClCC(Cl)Cl. The summed E-state index contributed by atoms with van der Waals surface area (Å²) in [7, 11) is 0. The Kier molecular flexibility index (Phi) is 44.8. The van der Waals surface area contributed by atoms with Gasteiger partial charge in [0.15, 0.2) is 0 Å². The van der Waals surface area contributed by atoms with E-state index in [4.69, 9.17) is 34.8 Å². The topological polar surface area (TPSA) is 0 Å². The van der Waals surface area contributed by atoms with Crippen LogP contribution in [0.25, 0.3) is 0 Å². The third kappa shape index (κ3) is 26.0. The molecule has 0 fully saturated rings. The van der Waals surface area contributed by atoms with E-state index in [1.54, 1.807) is 0 Å². The summed E-state index contributed by atoms with van der Waals surface area (Å²) in [4.78, 5) is -0.406. The number of rotatable bonds is 1. The van der Waals surface area contributed by atoms with Gasteiger partial charge in [0.2, 0.25) is 0 Å². The van der Waals surface area contributed by atoms with E-state index in [0.29, 0.717) is 5.88 Å². The van der Waals surface area contributed by atoms with Crippen molar-refractivity contribution >= 4 is 59.6 Å². The van der Waals surface area contributed by atoms with Crippen molar-refractivity contribution in [2.24, 2.45) is 0 Å².